The zero-order valence-corrected chi connectivity index (χ0v) is 8.53. The van der Waals surface area contributed by atoms with Gasteiger partial charge in [-0.2, -0.15) is 0 Å². The molecule has 0 radical (unpaired) electrons. The molecule has 16 heavy (non-hydrogen) atoms. The first-order valence-electron chi connectivity index (χ1n) is 5.10. The Bertz CT molecular complexity index is 684. The van der Waals surface area contributed by atoms with Crippen LogP contribution in [0.25, 0.3) is 23.2 Å². The molecule has 80 valence electrons. The Morgan fingerprint density at radius 3 is 2.94 bits per heavy atom. The minimum atomic E-state index is -0.600. The summed E-state index contributed by atoms with van der Waals surface area (Å²) < 4.78 is 0. The van der Waals surface area contributed by atoms with Crippen molar-refractivity contribution >= 4 is 29.1 Å². The summed E-state index contributed by atoms with van der Waals surface area (Å²) in [7, 11) is 0. The molecule has 3 rings (SSSR count). The minimum absolute atomic E-state index is 0.186. The van der Waals surface area contributed by atoms with Crippen LogP contribution in [0.3, 0.4) is 0 Å². The number of aromatic amines is 1. The van der Waals surface area contributed by atoms with Crippen LogP contribution in [0.5, 0.6) is 0 Å². The van der Waals surface area contributed by atoms with Crippen LogP contribution in [-0.4, -0.2) is 16.9 Å². The number of H-pyrrole nitrogens is 1. The van der Waals surface area contributed by atoms with Crippen molar-refractivity contribution in [3.8, 4) is 0 Å². The Morgan fingerprint density at radius 2 is 2.06 bits per heavy atom. The second-order valence-electron chi connectivity index (χ2n) is 3.84. The number of nitrogens with two attached hydrogens (primary N) is 1. The highest BCUT2D eigenvalue weighted by Gasteiger charge is 2.12. The molecule has 1 aliphatic heterocycles. The van der Waals surface area contributed by atoms with Crippen molar-refractivity contribution in [3.05, 3.63) is 34.8 Å². The molecule has 4 nitrogen and oxygen atoms in total. The molecular weight excluding hydrogens is 202 g/mol. The number of hydrogen-bond donors (Lipinski definition) is 3. The monoisotopic (exact) mass is 213 g/mol. The molecule has 1 unspecified atom stereocenters. The van der Waals surface area contributed by atoms with Gasteiger partial charge in [-0.15, -0.1) is 0 Å². The lowest BCUT2D eigenvalue weighted by Gasteiger charge is -2.01. The van der Waals surface area contributed by atoms with E-state index in [-0.39, 0.29) is 5.91 Å². The Labute approximate surface area is 91.4 Å². The molecule has 1 aliphatic rings. The van der Waals surface area contributed by atoms with Crippen LogP contribution in [0.15, 0.2) is 24.3 Å². The second kappa shape index (κ2) is 3.21. The first-order valence-corrected chi connectivity index (χ1v) is 5.10. The summed E-state index contributed by atoms with van der Waals surface area (Å²) in [5.74, 6) is -0.186. The van der Waals surface area contributed by atoms with Crippen molar-refractivity contribution in [2.75, 3.05) is 0 Å². The molecule has 0 bridgehead atoms. The maximum absolute atomic E-state index is 11.4. The summed E-state index contributed by atoms with van der Waals surface area (Å²) in [4.78, 5) is 14.6. The summed E-state index contributed by atoms with van der Waals surface area (Å²) in [6, 6.07) is 7.35. The Morgan fingerprint density at radius 1 is 1.25 bits per heavy atom. The first kappa shape index (κ1) is 9.18. The predicted molar refractivity (Wildman–Crippen MR) is 62.6 cm³/mol. The van der Waals surface area contributed by atoms with Gasteiger partial charge in [-0.05, 0) is 12.1 Å². The average molecular weight is 213 g/mol. The lowest BCUT2D eigenvalue weighted by Crippen LogP contribution is -2.35. The van der Waals surface area contributed by atoms with Crippen LogP contribution in [0.1, 0.15) is 0 Å². The van der Waals surface area contributed by atoms with Crippen molar-refractivity contribution in [2.45, 2.75) is 6.04 Å². The molecule has 0 spiro atoms. The zero-order valence-electron chi connectivity index (χ0n) is 8.53. The fourth-order valence-corrected chi connectivity index (χ4v) is 1.97. The minimum Gasteiger partial charge on any atom is -0.353 e. The molecule has 0 saturated heterocycles. The highest BCUT2D eigenvalue weighted by Crippen LogP contribution is 2.04. The quantitative estimate of drug-likeness (QED) is 0.533. The number of carbonyl (C=O) groups is 1. The molecule has 0 saturated carbocycles. The van der Waals surface area contributed by atoms with Crippen molar-refractivity contribution < 1.29 is 4.79 Å². The third-order valence-electron chi connectivity index (χ3n) is 2.78. The summed E-state index contributed by atoms with van der Waals surface area (Å²) in [6.45, 7) is 0. The van der Waals surface area contributed by atoms with Gasteiger partial charge in [0, 0.05) is 22.3 Å². The predicted octanol–water partition coefficient (Wildman–Crippen LogP) is -0.857. The average Bonchev–Trinajstić information content (AvgIpc) is 2.58. The standard InChI is InChI=1S/C12H11N3O/c13-9-5-8-7-3-1-2-4-10(7)15-11(8)6-14-12(9)16/h1-6,9,15H,13H2,(H,14,16). The van der Waals surface area contributed by atoms with Gasteiger partial charge in [0.25, 0.3) is 0 Å². The van der Waals surface area contributed by atoms with E-state index in [1.54, 1.807) is 12.3 Å². The maximum atomic E-state index is 11.4. The van der Waals surface area contributed by atoms with Gasteiger partial charge in [0.15, 0.2) is 0 Å². The fraction of sp³-hybridized carbons (Fsp3) is 0.0833. The molecule has 2 aromatic rings. The van der Waals surface area contributed by atoms with Crippen LogP contribution >= 0.6 is 0 Å². The summed E-state index contributed by atoms with van der Waals surface area (Å²) >= 11 is 0. The van der Waals surface area contributed by atoms with Crippen molar-refractivity contribution in [1.29, 1.82) is 0 Å². The number of hydrogen-bond acceptors (Lipinski definition) is 2. The molecule has 1 amide bonds. The van der Waals surface area contributed by atoms with Gasteiger partial charge >= 0.3 is 0 Å². The number of benzene rings is 1. The SMILES string of the molecule is NC1C=c2c([nH]c3ccccc23)=CNC1=O. The van der Waals surface area contributed by atoms with Crippen molar-refractivity contribution in [3.63, 3.8) is 0 Å². The highest BCUT2D eigenvalue weighted by molar-refractivity contribution is 5.93. The van der Waals surface area contributed by atoms with Crippen LogP contribution < -0.4 is 21.6 Å². The van der Waals surface area contributed by atoms with Crippen LogP contribution in [0.2, 0.25) is 0 Å². The largest absolute Gasteiger partial charge is 0.353 e. The number of fused-ring (bicyclic) bond motifs is 3. The Kier molecular flexibility index (Phi) is 1.84. The Hall–Kier alpha value is -2.07. The van der Waals surface area contributed by atoms with E-state index in [9.17, 15) is 4.79 Å². The lowest BCUT2D eigenvalue weighted by atomic mass is 10.2. The molecule has 4 N–H and O–H groups in total. The summed E-state index contributed by atoms with van der Waals surface area (Å²) in [6.07, 6.45) is 3.45. The number of nitrogens with one attached hydrogen (secondary N) is 2. The first-order chi connectivity index (χ1) is 7.75. The molecule has 0 aliphatic carbocycles. The summed E-state index contributed by atoms with van der Waals surface area (Å²) in [5.41, 5.74) is 6.79. The fourth-order valence-electron chi connectivity index (χ4n) is 1.97. The van der Waals surface area contributed by atoms with Gasteiger partial charge in [0.2, 0.25) is 5.91 Å². The number of aromatic nitrogens is 1. The zero-order chi connectivity index (χ0) is 11.1. The van der Waals surface area contributed by atoms with E-state index in [1.807, 2.05) is 24.3 Å². The van der Waals surface area contributed by atoms with E-state index in [0.717, 1.165) is 21.5 Å². The molecule has 1 aromatic heterocycles. The molecule has 2 heterocycles. The van der Waals surface area contributed by atoms with Crippen LogP contribution in [-0.2, 0) is 4.79 Å². The number of amides is 1. The Balaban J connectivity index is 2.46. The van der Waals surface area contributed by atoms with Gasteiger partial charge in [0.1, 0.15) is 6.04 Å². The van der Waals surface area contributed by atoms with Crippen molar-refractivity contribution in [1.82, 2.24) is 10.3 Å². The van der Waals surface area contributed by atoms with E-state index >= 15 is 0 Å². The van der Waals surface area contributed by atoms with Gasteiger partial charge in [-0.3, -0.25) is 4.79 Å². The van der Waals surface area contributed by atoms with E-state index in [4.69, 9.17) is 5.73 Å². The van der Waals surface area contributed by atoms with Gasteiger partial charge in [0.05, 0.1) is 5.35 Å². The van der Waals surface area contributed by atoms with Crippen LogP contribution in [0.4, 0.5) is 0 Å². The van der Waals surface area contributed by atoms with Gasteiger partial charge in [-0.1, -0.05) is 18.2 Å². The maximum Gasteiger partial charge on any atom is 0.244 e. The number of rotatable bonds is 0. The summed E-state index contributed by atoms with van der Waals surface area (Å²) in [5, 5.41) is 5.62. The third kappa shape index (κ3) is 1.24. The molecule has 4 heteroatoms. The third-order valence-corrected chi connectivity index (χ3v) is 2.78. The van der Waals surface area contributed by atoms with Crippen molar-refractivity contribution in [2.24, 2.45) is 5.73 Å². The van der Waals surface area contributed by atoms with Crippen LogP contribution in [0, 0.1) is 0 Å². The van der Waals surface area contributed by atoms with E-state index in [1.165, 1.54) is 0 Å². The topological polar surface area (TPSA) is 70.9 Å². The number of para-hydroxylation sites is 1. The molecule has 1 aromatic carbocycles. The normalized spacial score (nSPS) is 19.3. The lowest BCUT2D eigenvalue weighted by molar-refractivity contribution is -0.119. The van der Waals surface area contributed by atoms with Gasteiger partial charge in [-0.25, -0.2) is 0 Å². The van der Waals surface area contributed by atoms with E-state index < -0.39 is 6.04 Å². The molecular formula is C12H11N3O. The smallest absolute Gasteiger partial charge is 0.244 e. The number of carbonyl (C=O) groups excluding carboxylic acids is 1. The van der Waals surface area contributed by atoms with E-state index in [0.29, 0.717) is 0 Å². The second-order valence-corrected chi connectivity index (χ2v) is 3.84. The van der Waals surface area contributed by atoms with E-state index in [2.05, 4.69) is 10.3 Å². The molecule has 1 atom stereocenters. The highest BCUT2D eigenvalue weighted by atomic mass is 16.2. The molecule has 0 fully saturated rings. The van der Waals surface area contributed by atoms with Gasteiger partial charge < -0.3 is 16.0 Å².